The van der Waals surface area contributed by atoms with Crippen LogP contribution >= 0.6 is 11.3 Å². The van der Waals surface area contributed by atoms with Gasteiger partial charge >= 0.3 is 0 Å². The first-order valence-electron chi connectivity index (χ1n) is 12.3. The number of pyridine rings is 2. The number of benzene rings is 1. The van der Waals surface area contributed by atoms with Crippen molar-refractivity contribution in [3.8, 4) is 16.5 Å². The zero-order valence-electron chi connectivity index (χ0n) is 20.6. The van der Waals surface area contributed by atoms with Crippen LogP contribution in [0.5, 0.6) is 5.88 Å². The molecule has 0 radical (unpaired) electrons. The number of anilines is 2. The molecule has 1 saturated heterocycles. The average Bonchev–Trinajstić information content (AvgIpc) is 3.41. The van der Waals surface area contributed by atoms with Crippen LogP contribution in [0.1, 0.15) is 28.8 Å². The molecule has 4 aromatic rings. The van der Waals surface area contributed by atoms with Crippen LogP contribution in [0.2, 0.25) is 0 Å². The van der Waals surface area contributed by atoms with Crippen molar-refractivity contribution in [1.82, 2.24) is 25.1 Å². The SMILES string of the molecule is CN1CCC(CNc2cc(C(=O)Nc3nnc(-c4ccncc4)s3)cnc2OCc2ccccc2)CC1. The van der Waals surface area contributed by atoms with Crippen LogP contribution in [0.25, 0.3) is 10.6 Å². The standard InChI is InChI=1S/C27H29N7O2S/c1-34-13-9-19(10-14-34)16-29-23-15-22(17-30-25(23)36-18-20-5-3-2-4-6-20)24(35)31-27-33-32-26(37-27)21-7-11-28-12-8-21/h2-8,11-12,15,17,19,29H,9-10,13-14,16,18H2,1H3,(H,31,33,35). The molecule has 9 nitrogen and oxygen atoms in total. The summed E-state index contributed by atoms with van der Waals surface area (Å²) >= 11 is 1.30. The average molecular weight is 516 g/mol. The molecule has 0 bridgehead atoms. The summed E-state index contributed by atoms with van der Waals surface area (Å²) in [6, 6.07) is 15.5. The second-order valence-corrected chi connectivity index (χ2v) is 10.1. The maximum atomic E-state index is 13.0. The molecule has 1 aliphatic rings. The molecule has 0 aliphatic carbocycles. The van der Waals surface area contributed by atoms with Gasteiger partial charge in [-0.3, -0.25) is 15.1 Å². The Hall–Kier alpha value is -3.89. The number of likely N-dealkylation sites (tertiary alicyclic amines) is 1. The van der Waals surface area contributed by atoms with E-state index in [1.165, 1.54) is 17.5 Å². The predicted octanol–water partition coefficient (Wildman–Crippen LogP) is 4.58. The summed E-state index contributed by atoms with van der Waals surface area (Å²) in [5.41, 5.74) is 3.07. The Morgan fingerprint density at radius 3 is 2.68 bits per heavy atom. The highest BCUT2D eigenvalue weighted by atomic mass is 32.1. The Bertz CT molecular complexity index is 1310. The zero-order valence-corrected chi connectivity index (χ0v) is 21.4. The van der Waals surface area contributed by atoms with E-state index in [1.807, 2.05) is 42.5 Å². The molecule has 37 heavy (non-hydrogen) atoms. The summed E-state index contributed by atoms with van der Waals surface area (Å²) in [6.07, 6.45) is 7.19. The minimum Gasteiger partial charge on any atom is -0.471 e. The fourth-order valence-corrected chi connectivity index (χ4v) is 4.86. The van der Waals surface area contributed by atoms with Gasteiger partial charge in [0, 0.05) is 30.7 Å². The zero-order chi connectivity index (χ0) is 25.5. The Morgan fingerprint density at radius 1 is 1.11 bits per heavy atom. The number of carbonyl (C=O) groups is 1. The number of carbonyl (C=O) groups excluding carboxylic acids is 1. The fraction of sp³-hybridized carbons (Fsp3) is 0.296. The molecule has 1 aliphatic heterocycles. The van der Waals surface area contributed by atoms with Crippen molar-refractivity contribution in [2.75, 3.05) is 37.3 Å². The first kappa shape index (κ1) is 24.8. The van der Waals surface area contributed by atoms with Gasteiger partial charge in [-0.2, -0.15) is 0 Å². The highest BCUT2D eigenvalue weighted by Crippen LogP contribution is 2.28. The Kier molecular flexibility index (Phi) is 7.97. The van der Waals surface area contributed by atoms with E-state index in [-0.39, 0.29) is 5.91 Å². The molecule has 190 valence electrons. The third-order valence-electron chi connectivity index (χ3n) is 6.32. The van der Waals surface area contributed by atoms with E-state index in [1.54, 1.807) is 18.5 Å². The monoisotopic (exact) mass is 515 g/mol. The van der Waals surface area contributed by atoms with Gasteiger partial charge in [0.15, 0.2) is 0 Å². The van der Waals surface area contributed by atoms with Crippen LogP contribution in [-0.4, -0.2) is 57.7 Å². The molecule has 2 N–H and O–H groups in total. The minimum atomic E-state index is -0.304. The molecule has 0 spiro atoms. The number of nitrogens with one attached hydrogen (secondary N) is 2. The Labute approximate surface area is 220 Å². The van der Waals surface area contributed by atoms with Gasteiger partial charge in [-0.15, -0.1) is 10.2 Å². The highest BCUT2D eigenvalue weighted by molar-refractivity contribution is 7.18. The number of hydrogen-bond donors (Lipinski definition) is 2. The predicted molar refractivity (Wildman–Crippen MR) is 145 cm³/mol. The van der Waals surface area contributed by atoms with Crippen molar-refractivity contribution in [3.05, 3.63) is 78.2 Å². The van der Waals surface area contributed by atoms with Crippen LogP contribution in [0, 0.1) is 5.92 Å². The van der Waals surface area contributed by atoms with Gasteiger partial charge in [0.05, 0.1) is 11.3 Å². The molecule has 0 unspecified atom stereocenters. The fourth-order valence-electron chi connectivity index (χ4n) is 4.12. The van der Waals surface area contributed by atoms with Crippen molar-refractivity contribution in [2.24, 2.45) is 5.92 Å². The van der Waals surface area contributed by atoms with E-state index in [0.717, 1.165) is 43.6 Å². The summed E-state index contributed by atoms with van der Waals surface area (Å²) in [6.45, 7) is 3.38. The van der Waals surface area contributed by atoms with Crippen molar-refractivity contribution in [3.63, 3.8) is 0 Å². The molecular weight excluding hydrogens is 486 g/mol. The van der Waals surface area contributed by atoms with Crippen molar-refractivity contribution < 1.29 is 9.53 Å². The van der Waals surface area contributed by atoms with Gasteiger partial charge in [-0.1, -0.05) is 41.7 Å². The molecule has 1 fully saturated rings. The Morgan fingerprint density at radius 2 is 1.89 bits per heavy atom. The second kappa shape index (κ2) is 11.9. The van der Waals surface area contributed by atoms with E-state index < -0.39 is 0 Å². The lowest BCUT2D eigenvalue weighted by atomic mass is 9.97. The lowest BCUT2D eigenvalue weighted by molar-refractivity contribution is 0.102. The molecule has 4 heterocycles. The number of piperidine rings is 1. The molecule has 0 atom stereocenters. The maximum Gasteiger partial charge on any atom is 0.259 e. The lowest BCUT2D eigenvalue weighted by Crippen LogP contribution is -2.33. The van der Waals surface area contributed by atoms with Crippen molar-refractivity contribution in [1.29, 1.82) is 0 Å². The normalized spacial score (nSPS) is 14.3. The number of nitrogens with zero attached hydrogens (tertiary/aromatic N) is 5. The quantitative estimate of drug-likeness (QED) is 0.334. The number of rotatable bonds is 9. The summed E-state index contributed by atoms with van der Waals surface area (Å²) in [7, 11) is 2.16. The van der Waals surface area contributed by atoms with Gasteiger partial charge < -0.3 is 15.0 Å². The second-order valence-electron chi connectivity index (χ2n) is 9.08. The van der Waals surface area contributed by atoms with Gasteiger partial charge in [-0.25, -0.2) is 4.98 Å². The molecular formula is C27H29N7O2S. The van der Waals surface area contributed by atoms with Crippen LogP contribution in [-0.2, 0) is 6.61 Å². The third kappa shape index (κ3) is 6.66. The van der Waals surface area contributed by atoms with E-state index in [2.05, 4.69) is 42.7 Å². The van der Waals surface area contributed by atoms with E-state index in [9.17, 15) is 4.79 Å². The summed E-state index contributed by atoms with van der Waals surface area (Å²) in [5.74, 6) is 0.731. The summed E-state index contributed by atoms with van der Waals surface area (Å²) in [4.78, 5) is 23.9. The largest absolute Gasteiger partial charge is 0.471 e. The summed E-state index contributed by atoms with van der Waals surface area (Å²) in [5, 5.41) is 15.8. The van der Waals surface area contributed by atoms with E-state index >= 15 is 0 Å². The molecule has 0 saturated carbocycles. The van der Waals surface area contributed by atoms with E-state index in [4.69, 9.17) is 4.74 Å². The highest BCUT2D eigenvalue weighted by Gasteiger charge is 2.19. The molecule has 1 aromatic carbocycles. The first-order valence-corrected chi connectivity index (χ1v) is 13.1. The number of amides is 1. The number of ether oxygens (including phenoxy) is 1. The molecule has 10 heteroatoms. The minimum absolute atomic E-state index is 0.304. The van der Waals surface area contributed by atoms with Crippen LogP contribution in [0.3, 0.4) is 0 Å². The molecule has 1 amide bonds. The molecule has 5 rings (SSSR count). The Balaban J connectivity index is 1.29. The van der Waals surface area contributed by atoms with Crippen molar-refractivity contribution in [2.45, 2.75) is 19.4 Å². The van der Waals surface area contributed by atoms with Crippen molar-refractivity contribution >= 4 is 28.1 Å². The van der Waals surface area contributed by atoms with Crippen LogP contribution in [0.4, 0.5) is 10.8 Å². The first-order chi connectivity index (χ1) is 18.1. The third-order valence-corrected chi connectivity index (χ3v) is 7.21. The lowest BCUT2D eigenvalue weighted by Gasteiger charge is -2.29. The van der Waals surface area contributed by atoms with Gasteiger partial charge in [0.2, 0.25) is 11.0 Å². The van der Waals surface area contributed by atoms with E-state index in [0.29, 0.717) is 39.8 Å². The maximum absolute atomic E-state index is 13.0. The number of hydrogen-bond acceptors (Lipinski definition) is 9. The van der Waals surface area contributed by atoms with Gasteiger partial charge in [0.25, 0.3) is 5.91 Å². The number of aromatic nitrogens is 4. The smallest absolute Gasteiger partial charge is 0.259 e. The van der Waals surface area contributed by atoms with Crippen LogP contribution < -0.4 is 15.4 Å². The summed E-state index contributed by atoms with van der Waals surface area (Å²) < 4.78 is 6.05. The van der Waals surface area contributed by atoms with Crippen LogP contribution in [0.15, 0.2) is 67.1 Å². The van der Waals surface area contributed by atoms with Gasteiger partial charge in [-0.05, 0) is 62.7 Å². The molecule has 3 aromatic heterocycles. The topological polar surface area (TPSA) is 105 Å². The van der Waals surface area contributed by atoms with Gasteiger partial charge in [0.1, 0.15) is 11.6 Å².